The second-order valence-corrected chi connectivity index (χ2v) is 5.95. The van der Waals surface area contributed by atoms with Gasteiger partial charge in [-0.15, -0.1) is 0 Å². The van der Waals surface area contributed by atoms with Crippen molar-refractivity contribution in [3.8, 4) is 23.3 Å². The lowest BCUT2D eigenvalue weighted by Crippen LogP contribution is -1.95. The number of ether oxygens (including phenoxy) is 3. The minimum absolute atomic E-state index is 0.183. The van der Waals surface area contributed by atoms with Gasteiger partial charge in [-0.2, -0.15) is 5.26 Å². The summed E-state index contributed by atoms with van der Waals surface area (Å²) in [6.07, 6.45) is 1.75. The zero-order chi connectivity index (χ0) is 18.1. The fourth-order valence-corrected chi connectivity index (χ4v) is 2.89. The van der Waals surface area contributed by atoms with Crippen molar-refractivity contribution in [2.45, 2.75) is 13.8 Å². The first kappa shape index (κ1) is 16.0. The van der Waals surface area contributed by atoms with Gasteiger partial charge in [0, 0.05) is 11.6 Å². The van der Waals surface area contributed by atoms with Gasteiger partial charge in [-0.1, -0.05) is 6.07 Å². The summed E-state index contributed by atoms with van der Waals surface area (Å²) in [7, 11) is 0. The molecule has 26 heavy (non-hydrogen) atoms. The van der Waals surface area contributed by atoms with E-state index >= 15 is 0 Å². The average Bonchev–Trinajstić information content (AvgIpc) is 3.25. The molecule has 0 radical (unpaired) electrons. The Morgan fingerprint density at radius 1 is 1.31 bits per heavy atom. The standard InChI is InChI=1S/C20H17N3O3/c1-3-24-17-9-19-18(25-11-26-19)8-13(17)7-14(10-21)20-22-15-5-4-12(2)6-16(15)23-20/h4-9H,3,11H2,1-2H3,(H,22,23)/b14-7-. The lowest BCUT2D eigenvalue weighted by Gasteiger charge is -2.09. The molecule has 130 valence electrons. The number of imidazole rings is 1. The fraction of sp³-hybridized carbons (Fsp3) is 0.200. The van der Waals surface area contributed by atoms with Gasteiger partial charge in [-0.25, -0.2) is 4.98 Å². The molecular weight excluding hydrogens is 330 g/mol. The highest BCUT2D eigenvalue weighted by Gasteiger charge is 2.18. The van der Waals surface area contributed by atoms with Crippen LogP contribution in [0.2, 0.25) is 0 Å². The van der Waals surface area contributed by atoms with E-state index in [1.54, 1.807) is 12.1 Å². The molecule has 1 aliphatic rings. The van der Waals surface area contributed by atoms with Crippen molar-refractivity contribution in [2.75, 3.05) is 13.4 Å². The molecule has 0 saturated carbocycles. The molecule has 6 heteroatoms. The largest absolute Gasteiger partial charge is 0.493 e. The Morgan fingerprint density at radius 2 is 2.12 bits per heavy atom. The van der Waals surface area contributed by atoms with Gasteiger partial charge in [0.1, 0.15) is 17.6 Å². The van der Waals surface area contributed by atoms with Crippen molar-refractivity contribution in [2.24, 2.45) is 0 Å². The maximum Gasteiger partial charge on any atom is 0.231 e. The summed E-state index contributed by atoms with van der Waals surface area (Å²) in [5.74, 6) is 2.44. The molecule has 0 spiro atoms. The number of fused-ring (bicyclic) bond motifs is 2. The molecule has 0 bridgehead atoms. The van der Waals surface area contributed by atoms with Crippen molar-refractivity contribution < 1.29 is 14.2 Å². The van der Waals surface area contributed by atoms with Crippen LogP contribution in [0, 0.1) is 18.3 Å². The SMILES string of the molecule is CCOc1cc2c(cc1/C=C(/C#N)c1nc3ccc(C)cc3[nH]1)OCO2. The molecular formula is C20H17N3O3. The Bertz CT molecular complexity index is 1060. The predicted molar refractivity (Wildman–Crippen MR) is 98.0 cm³/mol. The molecule has 0 unspecified atom stereocenters. The van der Waals surface area contributed by atoms with Crippen LogP contribution in [0.3, 0.4) is 0 Å². The van der Waals surface area contributed by atoms with E-state index < -0.39 is 0 Å². The number of hydrogen-bond acceptors (Lipinski definition) is 5. The molecule has 0 amide bonds. The zero-order valence-electron chi connectivity index (χ0n) is 14.5. The number of H-pyrrole nitrogens is 1. The minimum Gasteiger partial charge on any atom is -0.493 e. The van der Waals surface area contributed by atoms with E-state index in [0.717, 1.165) is 22.2 Å². The van der Waals surface area contributed by atoms with Crippen LogP contribution in [0.5, 0.6) is 17.2 Å². The fourth-order valence-electron chi connectivity index (χ4n) is 2.89. The maximum absolute atomic E-state index is 9.66. The van der Waals surface area contributed by atoms with Crippen LogP contribution in [-0.4, -0.2) is 23.4 Å². The van der Waals surface area contributed by atoms with E-state index in [2.05, 4.69) is 16.0 Å². The third kappa shape index (κ3) is 2.84. The normalized spacial score (nSPS) is 13.0. The highest BCUT2D eigenvalue weighted by molar-refractivity contribution is 5.91. The van der Waals surface area contributed by atoms with Gasteiger partial charge >= 0.3 is 0 Å². The summed E-state index contributed by atoms with van der Waals surface area (Å²) in [5, 5.41) is 9.66. The lowest BCUT2D eigenvalue weighted by molar-refractivity contribution is 0.174. The molecule has 0 fully saturated rings. The van der Waals surface area contributed by atoms with Crippen LogP contribution in [-0.2, 0) is 0 Å². The third-order valence-electron chi connectivity index (χ3n) is 4.12. The summed E-state index contributed by atoms with van der Waals surface area (Å²) in [5.41, 5.74) is 4.01. The highest BCUT2D eigenvalue weighted by Crippen LogP contribution is 2.39. The number of rotatable bonds is 4. The molecule has 1 aliphatic heterocycles. The van der Waals surface area contributed by atoms with Crippen molar-refractivity contribution in [3.05, 3.63) is 47.3 Å². The lowest BCUT2D eigenvalue weighted by atomic mass is 10.1. The number of aryl methyl sites for hydroxylation is 1. The molecule has 1 aromatic heterocycles. The van der Waals surface area contributed by atoms with E-state index in [1.165, 1.54) is 0 Å². The van der Waals surface area contributed by atoms with Crippen molar-refractivity contribution in [3.63, 3.8) is 0 Å². The number of allylic oxidation sites excluding steroid dienone is 1. The number of aromatic amines is 1. The monoisotopic (exact) mass is 347 g/mol. The summed E-state index contributed by atoms with van der Waals surface area (Å²) in [4.78, 5) is 7.74. The van der Waals surface area contributed by atoms with Gasteiger partial charge in [0.15, 0.2) is 11.5 Å². The van der Waals surface area contributed by atoms with E-state index in [-0.39, 0.29) is 6.79 Å². The van der Waals surface area contributed by atoms with Gasteiger partial charge in [0.25, 0.3) is 0 Å². The van der Waals surface area contributed by atoms with E-state index in [4.69, 9.17) is 14.2 Å². The molecule has 0 atom stereocenters. The quantitative estimate of drug-likeness (QED) is 0.720. The van der Waals surface area contributed by atoms with Gasteiger partial charge in [-0.3, -0.25) is 0 Å². The number of nitrogens with one attached hydrogen (secondary N) is 1. The smallest absolute Gasteiger partial charge is 0.231 e. The summed E-state index contributed by atoms with van der Waals surface area (Å²) in [6.45, 7) is 4.61. The number of benzene rings is 2. The van der Waals surface area contributed by atoms with E-state index in [9.17, 15) is 5.26 Å². The Balaban J connectivity index is 1.80. The molecule has 0 saturated heterocycles. The number of aromatic nitrogens is 2. The Hall–Kier alpha value is -3.46. The predicted octanol–water partition coefficient (Wildman–Crippen LogP) is 4.06. The maximum atomic E-state index is 9.66. The van der Waals surface area contributed by atoms with Crippen molar-refractivity contribution >= 4 is 22.7 Å². The Labute approximate surface area is 150 Å². The number of hydrogen-bond donors (Lipinski definition) is 1. The molecule has 0 aliphatic carbocycles. The van der Waals surface area contributed by atoms with Crippen LogP contribution < -0.4 is 14.2 Å². The van der Waals surface area contributed by atoms with Crippen molar-refractivity contribution in [1.82, 2.24) is 9.97 Å². The van der Waals surface area contributed by atoms with Crippen LogP contribution in [0.4, 0.5) is 0 Å². The van der Waals surface area contributed by atoms with Crippen LogP contribution in [0.15, 0.2) is 30.3 Å². The molecule has 4 rings (SSSR count). The van der Waals surface area contributed by atoms with Crippen molar-refractivity contribution in [1.29, 1.82) is 5.26 Å². The summed E-state index contributed by atoms with van der Waals surface area (Å²) >= 11 is 0. The minimum atomic E-state index is 0.183. The van der Waals surface area contributed by atoms with E-state index in [0.29, 0.717) is 35.3 Å². The van der Waals surface area contributed by atoms with Crippen LogP contribution in [0.25, 0.3) is 22.7 Å². The Kier molecular flexibility index (Phi) is 3.98. The third-order valence-corrected chi connectivity index (χ3v) is 4.12. The highest BCUT2D eigenvalue weighted by atomic mass is 16.7. The molecule has 3 aromatic rings. The van der Waals surface area contributed by atoms with Gasteiger partial charge in [-0.05, 0) is 43.7 Å². The Morgan fingerprint density at radius 3 is 2.88 bits per heavy atom. The van der Waals surface area contributed by atoms with Gasteiger partial charge in [0.2, 0.25) is 6.79 Å². The topological polar surface area (TPSA) is 80.2 Å². The number of nitriles is 1. The summed E-state index contributed by atoms with van der Waals surface area (Å²) in [6, 6.07) is 11.8. The summed E-state index contributed by atoms with van der Waals surface area (Å²) < 4.78 is 16.5. The molecule has 1 N–H and O–H groups in total. The van der Waals surface area contributed by atoms with Crippen LogP contribution >= 0.6 is 0 Å². The van der Waals surface area contributed by atoms with Crippen LogP contribution in [0.1, 0.15) is 23.9 Å². The first-order valence-electron chi connectivity index (χ1n) is 8.33. The zero-order valence-corrected chi connectivity index (χ0v) is 14.5. The molecule has 2 heterocycles. The van der Waals surface area contributed by atoms with Gasteiger partial charge in [0.05, 0.1) is 23.2 Å². The molecule has 2 aromatic carbocycles. The number of nitrogens with zero attached hydrogens (tertiary/aromatic N) is 2. The second-order valence-electron chi connectivity index (χ2n) is 5.95. The first-order valence-corrected chi connectivity index (χ1v) is 8.33. The average molecular weight is 347 g/mol. The van der Waals surface area contributed by atoms with Gasteiger partial charge < -0.3 is 19.2 Å². The first-order chi connectivity index (χ1) is 12.7. The second kappa shape index (κ2) is 6.45. The molecule has 6 nitrogen and oxygen atoms in total. The van der Waals surface area contributed by atoms with E-state index in [1.807, 2.05) is 38.1 Å².